The minimum atomic E-state index is -0.578. The predicted molar refractivity (Wildman–Crippen MR) is 120 cm³/mol. The number of benzene rings is 3. The van der Waals surface area contributed by atoms with Gasteiger partial charge < -0.3 is 15.0 Å². The highest BCUT2D eigenvalue weighted by molar-refractivity contribution is 6.00. The molecule has 3 aromatic carbocycles. The van der Waals surface area contributed by atoms with Gasteiger partial charge in [0.05, 0.1) is 5.92 Å². The molecule has 1 aliphatic heterocycles. The number of fused-ring (bicyclic) bond motifs is 1. The fraction of sp³-hybridized carbons (Fsp3) is 0.240. The van der Waals surface area contributed by atoms with E-state index in [2.05, 4.69) is 5.32 Å². The Balaban J connectivity index is 1.33. The van der Waals surface area contributed by atoms with E-state index in [1.165, 1.54) is 0 Å². The zero-order chi connectivity index (χ0) is 21.8. The second kappa shape index (κ2) is 9.00. The maximum Gasteiger partial charge on any atom is 0.311 e. The van der Waals surface area contributed by atoms with Crippen LogP contribution in [0.15, 0.2) is 66.7 Å². The molecule has 0 aromatic heterocycles. The SMILES string of the molecule is CCc1ccccc1N1C[C@@H](C(=O)OCC(=O)Nc2ccc3ccccc3c2)CC1=O. The molecule has 158 valence electrons. The lowest BCUT2D eigenvalue weighted by Gasteiger charge is -2.19. The second-order valence-electron chi connectivity index (χ2n) is 7.61. The van der Waals surface area contributed by atoms with E-state index >= 15 is 0 Å². The van der Waals surface area contributed by atoms with E-state index in [4.69, 9.17) is 4.74 Å². The quantitative estimate of drug-likeness (QED) is 0.618. The van der Waals surface area contributed by atoms with Gasteiger partial charge in [0.15, 0.2) is 6.61 Å². The molecule has 31 heavy (non-hydrogen) atoms. The number of anilines is 2. The minimum absolute atomic E-state index is 0.0865. The monoisotopic (exact) mass is 416 g/mol. The molecule has 1 saturated heterocycles. The molecule has 3 aromatic rings. The predicted octanol–water partition coefficient (Wildman–Crippen LogP) is 3.94. The molecule has 0 unspecified atom stereocenters. The van der Waals surface area contributed by atoms with Crippen molar-refractivity contribution >= 4 is 39.9 Å². The van der Waals surface area contributed by atoms with E-state index in [1.54, 1.807) is 11.0 Å². The van der Waals surface area contributed by atoms with Gasteiger partial charge >= 0.3 is 5.97 Å². The molecule has 1 heterocycles. The smallest absolute Gasteiger partial charge is 0.311 e. The van der Waals surface area contributed by atoms with Gasteiger partial charge in [0.2, 0.25) is 5.91 Å². The van der Waals surface area contributed by atoms with Crippen molar-refractivity contribution in [1.82, 2.24) is 0 Å². The molecule has 6 nitrogen and oxygen atoms in total. The van der Waals surface area contributed by atoms with Crippen LogP contribution in [0, 0.1) is 5.92 Å². The van der Waals surface area contributed by atoms with Gasteiger partial charge in [-0.25, -0.2) is 0 Å². The lowest BCUT2D eigenvalue weighted by Crippen LogP contribution is -2.28. The summed E-state index contributed by atoms with van der Waals surface area (Å²) in [6.45, 7) is 1.90. The number of para-hydroxylation sites is 1. The number of ether oxygens (including phenoxy) is 1. The van der Waals surface area contributed by atoms with Gasteiger partial charge in [0.25, 0.3) is 5.91 Å². The van der Waals surface area contributed by atoms with Crippen LogP contribution >= 0.6 is 0 Å². The van der Waals surface area contributed by atoms with Crippen molar-refractivity contribution in [3.05, 3.63) is 72.3 Å². The normalized spacial score (nSPS) is 15.8. The molecule has 2 amide bonds. The summed E-state index contributed by atoms with van der Waals surface area (Å²) in [5.41, 5.74) is 2.53. The maximum atomic E-state index is 12.5. The minimum Gasteiger partial charge on any atom is -0.455 e. The van der Waals surface area contributed by atoms with Crippen LogP contribution in [-0.2, 0) is 25.5 Å². The Morgan fingerprint density at radius 3 is 2.58 bits per heavy atom. The number of esters is 1. The fourth-order valence-electron chi connectivity index (χ4n) is 3.89. The summed E-state index contributed by atoms with van der Waals surface area (Å²) in [6.07, 6.45) is 0.882. The Morgan fingerprint density at radius 1 is 1.03 bits per heavy atom. The summed E-state index contributed by atoms with van der Waals surface area (Å²) in [7, 11) is 0. The van der Waals surface area contributed by atoms with Crippen LogP contribution < -0.4 is 10.2 Å². The number of rotatable bonds is 6. The van der Waals surface area contributed by atoms with Crippen LogP contribution in [0.25, 0.3) is 10.8 Å². The number of hydrogen-bond donors (Lipinski definition) is 1. The van der Waals surface area contributed by atoms with Crippen molar-refractivity contribution in [3.8, 4) is 0 Å². The van der Waals surface area contributed by atoms with Gasteiger partial charge in [-0.2, -0.15) is 0 Å². The first-order chi connectivity index (χ1) is 15.0. The van der Waals surface area contributed by atoms with E-state index < -0.39 is 17.8 Å². The summed E-state index contributed by atoms with van der Waals surface area (Å²) in [5, 5.41) is 4.83. The fourth-order valence-corrected chi connectivity index (χ4v) is 3.89. The first kappa shape index (κ1) is 20.6. The molecule has 0 bridgehead atoms. The molecule has 0 spiro atoms. The van der Waals surface area contributed by atoms with Crippen molar-refractivity contribution < 1.29 is 19.1 Å². The number of amides is 2. The first-order valence-electron chi connectivity index (χ1n) is 10.4. The summed E-state index contributed by atoms with van der Waals surface area (Å²) >= 11 is 0. The van der Waals surface area contributed by atoms with Gasteiger partial charge in [-0.1, -0.05) is 55.5 Å². The van der Waals surface area contributed by atoms with Gasteiger partial charge in [0.1, 0.15) is 0 Å². The third kappa shape index (κ3) is 4.58. The number of hydrogen-bond acceptors (Lipinski definition) is 4. The molecule has 6 heteroatoms. The second-order valence-corrected chi connectivity index (χ2v) is 7.61. The summed E-state index contributed by atoms with van der Waals surface area (Å²) in [5.74, 6) is -1.63. The van der Waals surface area contributed by atoms with Crippen molar-refractivity contribution in [2.24, 2.45) is 5.92 Å². The molecule has 1 atom stereocenters. The molecule has 1 fully saturated rings. The zero-order valence-electron chi connectivity index (χ0n) is 17.3. The van der Waals surface area contributed by atoms with Crippen molar-refractivity contribution in [2.45, 2.75) is 19.8 Å². The van der Waals surface area contributed by atoms with E-state index in [0.29, 0.717) is 5.69 Å². The lowest BCUT2D eigenvalue weighted by atomic mass is 10.1. The Labute approximate surface area is 180 Å². The highest BCUT2D eigenvalue weighted by Crippen LogP contribution is 2.29. The van der Waals surface area contributed by atoms with Gasteiger partial charge in [0, 0.05) is 24.3 Å². The van der Waals surface area contributed by atoms with Crippen LogP contribution in [0.5, 0.6) is 0 Å². The summed E-state index contributed by atoms with van der Waals surface area (Å²) in [4.78, 5) is 38.8. The summed E-state index contributed by atoms with van der Waals surface area (Å²) in [6, 6.07) is 21.1. The van der Waals surface area contributed by atoms with Crippen LogP contribution in [-0.4, -0.2) is 30.9 Å². The number of aryl methyl sites for hydroxylation is 1. The third-order valence-corrected chi connectivity index (χ3v) is 5.50. The Morgan fingerprint density at radius 2 is 1.77 bits per heavy atom. The third-order valence-electron chi connectivity index (χ3n) is 5.50. The standard InChI is InChI=1S/C25H24N2O4/c1-2-17-7-5-6-10-22(17)27-15-20(14-24(27)29)25(30)31-16-23(28)26-21-12-11-18-8-3-4-9-19(18)13-21/h3-13,20H,2,14-16H2,1H3,(H,26,28)/t20-/m0/s1. The molecule has 1 N–H and O–H groups in total. The molecular formula is C25H24N2O4. The van der Waals surface area contributed by atoms with Gasteiger partial charge in [-0.05, 0) is 41.0 Å². The average molecular weight is 416 g/mol. The Bertz CT molecular complexity index is 1140. The van der Waals surface area contributed by atoms with E-state index in [-0.39, 0.29) is 25.5 Å². The summed E-state index contributed by atoms with van der Waals surface area (Å²) < 4.78 is 5.21. The van der Waals surface area contributed by atoms with E-state index in [0.717, 1.165) is 28.4 Å². The Kier molecular flexibility index (Phi) is 5.98. The highest BCUT2D eigenvalue weighted by atomic mass is 16.5. The number of nitrogens with zero attached hydrogens (tertiary/aromatic N) is 1. The van der Waals surface area contributed by atoms with Gasteiger partial charge in [-0.15, -0.1) is 0 Å². The van der Waals surface area contributed by atoms with Crippen LogP contribution in [0.4, 0.5) is 11.4 Å². The average Bonchev–Trinajstić information content (AvgIpc) is 3.18. The number of carbonyl (C=O) groups excluding carboxylic acids is 3. The molecule has 0 aliphatic carbocycles. The Hall–Kier alpha value is -3.67. The first-order valence-corrected chi connectivity index (χ1v) is 10.4. The maximum absolute atomic E-state index is 12.5. The van der Waals surface area contributed by atoms with E-state index in [9.17, 15) is 14.4 Å². The molecule has 0 saturated carbocycles. The van der Waals surface area contributed by atoms with Crippen molar-refractivity contribution in [3.63, 3.8) is 0 Å². The number of carbonyl (C=O) groups is 3. The largest absolute Gasteiger partial charge is 0.455 e. The van der Waals surface area contributed by atoms with Crippen molar-refractivity contribution in [2.75, 3.05) is 23.4 Å². The topological polar surface area (TPSA) is 75.7 Å². The van der Waals surface area contributed by atoms with Crippen LogP contribution in [0.1, 0.15) is 18.9 Å². The van der Waals surface area contributed by atoms with E-state index in [1.807, 2.05) is 67.6 Å². The van der Waals surface area contributed by atoms with Crippen LogP contribution in [0.3, 0.4) is 0 Å². The molecule has 0 radical (unpaired) electrons. The lowest BCUT2D eigenvalue weighted by molar-refractivity contribution is -0.151. The molecule has 1 aliphatic rings. The molecule has 4 rings (SSSR count). The molecular weight excluding hydrogens is 392 g/mol. The van der Waals surface area contributed by atoms with Gasteiger partial charge in [-0.3, -0.25) is 14.4 Å². The zero-order valence-corrected chi connectivity index (χ0v) is 17.3. The highest BCUT2D eigenvalue weighted by Gasteiger charge is 2.37. The number of nitrogens with one attached hydrogen (secondary N) is 1. The van der Waals surface area contributed by atoms with Crippen LogP contribution in [0.2, 0.25) is 0 Å². The van der Waals surface area contributed by atoms with Crippen molar-refractivity contribution in [1.29, 1.82) is 0 Å².